The van der Waals surface area contributed by atoms with E-state index in [0.717, 1.165) is 18.9 Å². The Bertz CT molecular complexity index is 1420. The molecule has 1 aromatic carbocycles. The molecule has 3 aromatic rings. The molecule has 3 heterocycles. The SMILES string of the molecule is Cc1cc(S(=O)(=O)NC2CC2)cc(F)c1-c1ccnc(O[C@@H]2CCN(c3cn[nH]c(=O)c3Cl)C2)c1. The number of aromatic nitrogens is 3. The summed E-state index contributed by atoms with van der Waals surface area (Å²) in [7, 11) is -3.77. The van der Waals surface area contributed by atoms with Gasteiger partial charge in [-0.3, -0.25) is 4.79 Å². The van der Waals surface area contributed by atoms with Gasteiger partial charge in [-0.15, -0.1) is 0 Å². The van der Waals surface area contributed by atoms with E-state index >= 15 is 4.39 Å². The monoisotopic (exact) mass is 519 g/mol. The molecule has 184 valence electrons. The highest BCUT2D eigenvalue weighted by Gasteiger charge is 2.29. The lowest BCUT2D eigenvalue weighted by molar-refractivity contribution is 0.216. The second-order valence-corrected chi connectivity index (χ2v) is 10.8. The number of hydrogen-bond acceptors (Lipinski definition) is 7. The van der Waals surface area contributed by atoms with Crippen molar-refractivity contribution < 1.29 is 17.5 Å². The molecule has 1 aliphatic carbocycles. The third kappa shape index (κ3) is 5.02. The van der Waals surface area contributed by atoms with Gasteiger partial charge in [-0.2, -0.15) is 5.10 Å². The Kier molecular flexibility index (Phi) is 6.24. The number of H-pyrrole nitrogens is 1. The number of pyridine rings is 1. The van der Waals surface area contributed by atoms with Crippen molar-refractivity contribution >= 4 is 27.3 Å². The molecule has 0 amide bonds. The van der Waals surface area contributed by atoms with E-state index in [0.29, 0.717) is 42.2 Å². The summed E-state index contributed by atoms with van der Waals surface area (Å²) in [5, 5.41) is 6.17. The van der Waals surface area contributed by atoms with Crippen molar-refractivity contribution in [2.75, 3.05) is 18.0 Å². The van der Waals surface area contributed by atoms with Gasteiger partial charge in [-0.25, -0.2) is 27.6 Å². The second-order valence-electron chi connectivity index (χ2n) is 8.75. The smallest absolute Gasteiger partial charge is 0.285 e. The number of halogens is 2. The fourth-order valence-corrected chi connectivity index (χ4v) is 5.77. The first-order chi connectivity index (χ1) is 16.7. The Labute approximate surface area is 206 Å². The molecule has 1 saturated heterocycles. The Hall–Kier alpha value is -3.02. The lowest BCUT2D eigenvalue weighted by atomic mass is 10.0. The molecule has 35 heavy (non-hydrogen) atoms. The minimum Gasteiger partial charge on any atom is -0.472 e. The number of benzene rings is 1. The maximum Gasteiger partial charge on any atom is 0.285 e. The lowest BCUT2D eigenvalue weighted by Gasteiger charge is -2.19. The topological polar surface area (TPSA) is 117 Å². The molecule has 2 aliphatic rings. The third-order valence-corrected chi connectivity index (χ3v) is 7.91. The van der Waals surface area contributed by atoms with E-state index in [1.807, 2.05) is 4.90 Å². The molecule has 1 aliphatic heterocycles. The summed E-state index contributed by atoms with van der Waals surface area (Å²) in [6.45, 7) is 2.77. The predicted molar refractivity (Wildman–Crippen MR) is 129 cm³/mol. The molecule has 1 saturated carbocycles. The molecular formula is C23H23ClFN5O4S. The maximum atomic E-state index is 15.1. The van der Waals surface area contributed by atoms with Crippen LogP contribution in [0.1, 0.15) is 24.8 Å². The Morgan fingerprint density at radius 1 is 1.26 bits per heavy atom. The van der Waals surface area contributed by atoms with Gasteiger partial charge >= 0.3 is 0 Å². The first-order valence-electron chi connectivity index (χ1n) is 11.1. The van der Waals surface area contributed by atoms with E-state index in [1.165, 1.54) is 18.5 Å². The van der Waals surface area contributed by atoms with Gasteiger partial charge in [0.1, 0.15) is 16.9 Å². The van der Waals surface area contributed by atoms with E-state index in [2.05, 4.69) is 19.9 Å². The van der Waals surface area contributed by atoms with E-state index in [1.54, 1.807) is 19.1 Å². The Morgan fingerprint density at radius 3 is 2.80 bits per heavy atom. The average molecular weight is 520 g/mol. The summed E-state index contributed by atoms with van der Waals surface area (Å²) in [5.74, 6) is -0.322. The van der Waals surface area contributed by atoms with Gasteiger partial charge in [0.05, 0.1) is 23.3 Å². The first kappa shape index (κ1) is 23.7. The molecular weight excluding hydrogens is 497 g/mol. The van der Waals surface area contributed by atoms with Crippen LogP contribution in [0.15, 0.2) is 46.3 Å². The number of hydrogen-bond donors (Lipinski definition) is 2. The van der Waals surface area contributed by atoms with Gasteiger partial charge in [0.2, 0.25) is 15.9 Å². The quantitative estimate of drug-likeness (QED) is 0.492. The normalized spacial score (nSPS) is 18.1. The molecule has 12 heteroatoms. The number of ether oxygens (including phenoxy) is 1. The van der Waals surface area contributed by atoms with Crippen LogP contribution in [0.25, 0.3) is 11.1 Å². The molecule has 0 bridgehead atoms. The van der Waals surface area contributed by atoms with Gasteiger partial charge in [-0.1, -0.05) is 11.6 Å². The number of anilines is 1. The molecule has 0 unspecified atom stereocenters. The van der Waals surface area contributed by atoms with Crippen molar-refractivity contribution in [3.05, 3.63) is 63.4 Å². The summed E-state index contributed by atoms with van der Waals surface area (Å²) in [6, 6.07) is 5.73. The van der Waals surface area contributed by atoms with Gasteiger partial charge in [-0.05, 0) is 49.1 Å². The number of rotatable bonds is 7. The maximum absolute atomic E-state index is 15.1. The number of nitrogens with one attached hydrogen (secondary N) is 2. The average Bonchev–Trinajstić information content (AvgIpc) is 3.49. The molecule has 0 radical (unpaired) electrons. The van der Waals surface area contributed by atoms with Crippen molar-refractivity contribution in [1.29, 1.82) is 0 Å². The van der Waals surface area contributed by atoms with Crippen LogP contribution >= 0.6 is 11.6 Å². The predicted octanol–water partition coefficient (Wildman–Crippen LogP) is 3.03. The van der Waals surface area contributed by atoms with Crippen molar-refractivity contribution in [1.82, 2.24) is 19.9 Å². The van der Waals surface area contributed by atoms with E-state index in [-0.39, 0.29) is 27.6 Å². The van der Waals surface area contributed by atoms with Gasteiger partial charge in [0, 0.05) is 36.8 Å². The number of aryl methyl sites for hydroxylation is 1. The van der Waals surface area contributed by atoms with Crippen LogP contribution in [-0.4, -0.2) is 48.8 Å². The number of nitrogens with zero attached hydrogens (tertiary/aromatic N) is 3. The van der Waals surface area contributed by atoms with Gasteiger partial charge < -0.3 is 9.64 Å². The van der Waals surface area contributed by atoms with Crippen molar-refractivity contribution in [2.24, 2.45) is 0 Å². The van der Waals surface area contributed by atoms with E-state index in [9.17, 15) is 13.2 Å². The molecule has 2 N–H and O–H groups in total. The molecule has 2 aromatic heterocycles. The Balaban J connectivity index is 1.34. The molecule has 1 atom stereocenters. The highest BCUT2D eigenvalue weighted by atomic mass is 35.5. The van der Waals surface area contributed by atoms with Crippen LogP contribution in [-0.2, 0) is 10.0 Å². The zero-order chi connectivity index (χ0) is 24.7. The van der Waals surface area contributed by atoms with Crippen LogP contribution in [0.5, 0.6) is 5.88 Å². The van der Waals surface area contributed by atoms with Gasteiger partial charge in [0.15, 0.2) is 0 Å². The highest BCUT2D eigenvalue weighted by Crippen LogP contribution is 2.32. The van der Waals surface area contributed by atoms with Crippen molar-refractivity contribution in [3.8, 4) is 17.0 Å². The summed E-state index contributed by atoms with van der Waals surface area (Å²) in [5.41, 5.74) is 1.38. The molecule has 0 spiro atoms. The first-order valence-corrected chi connectivity index (χ1v) is 13.0. The largest absolute Gasteiger partial charge is 0.472 e. The minimum absolute atomic E-state index is 0.0654. The van der Waals surface area contributed by atoms with Crippen LogP contribution in [0.3, 0.4) is 0 Å². The Morgan fingerprint density at radius 2 is 2.06 bits per heavy atom. The number of aromatic amines is 1. The summed E-state index contributed by atoms with van der Waals surface area (Å²) in [4.78, 5) is 17.8. The summed E-state index contributed by atoms with van der Waals surface area (Å²) in [6.07, 6.45) is 5.06. The molecule has 5 rings (SSSR count). The van der Waals surface area contributed by atoms with Crippen molar-refractivity contribution in [2.45, 2.75) is 43.2 Å². The van der Waals surface area contributed by atoms with Crippen LogP contribution < -0.4 is 19.9 Å². The third-order valence-electron chi connectivity index (χ3n) is 6.04. The fraction of sp³-hybridized carbons (Fsp3) is 0.348. The van der Waals surface area contributed by atoms with E-state index in [4.69, 9.17) is 16.3 Å². The highest BCUT2D eigenvalue weighted by molar-refractivity contribution is 7.89. The molecule has 2 fully saturated rings. The zero-order valence-electron chi connectivity index (χ0n) is 18.8. The van der Waals surface area contributed by atoms with E-state index < -0.39 is 21.4 Å². The zero-order valence-corrected chi connectivity index (χ0v) is 20.4. The van der Waals surface area contributed by atoms with Gasteiger partial charge in [0.25, 0.3) is 5.56 Å². The minimum atomic E-state index is -3.77. The van der Waals surface area contributed by atoms with Crippen molar-refractivity contribution in [3.63, 3.8) is 0 Å². The molecule has 9 nitrogen and oxygen atoms in total. The number of sulfonamides is 1. The van der Waals surface area contributed by atoms with Crippen LogP contribution in [0.2, 0.25) is 5.02 Å². The standard InChI is InChI=1S/C23H23ClFN5O4S/c1-13-8-17(35(32,33)29-15-2-3-15)10-18(25)21(13)14-4-6-26-20(9-14)34-16-5-7-30(12-16)19-11-27-28-23(31)22(19)24/h4,6,8-11,15-16,29H,2-3,5,7,12H2,1H3,(H,28,31)/t16-/m1/s1. The van der Waals surface area contributed by atoms with Crippen LogP contribution in [0.4, 0.5) is 10.1 Å². The fourth-order valence-electron chi connectivity index (χ4n) is 4.16. The lowest BCUT2D eigenvalue weighted by Crippen LogP contribution is -2.26. The second kappa shape index (κ2) is 9.21. The van der Waals surface area contributed by atoms with Crippen LogP contribution in [0, 0.1) is 12.7 Å². The summed E-state index contributed by atoms with van der Waals surface area (Å²) < 4.78 is 48.7. The summed E-state index contributed by atoms with van der Waals surface area (Å²) >= 11 is 6.11.